The molecular weight excluding hydrogens is 282 g/mol. The van der Waals surface area contributed by atoms with Gasteiger partial charge in [0.15, 0.2) is 5.82 Å². The lowest BCUT2D eigenvalue weighted by Gasteiger charge is -2.02. The summed E-state index contributed by atoms with van der Waals surface area (Å²) in [6, 6.07) is 2.25. The quantitative estimate of drug-likeness (QED) is 0.807. The van der Waals surface area contributed by atoms with Gasteiger partial charge < -0.3 is 0 Å². The Morgan fingerprint density at radius 3 is 2.00 bits per heavy atom. The highest BCUT2D eigenvalue weighted by atomic mass is 79.9. The number of aromatic nitrogens is 4. The van der Waals surface area contributed by atoms with Crippen molar-refractivity contribution in [1.29, 1.82) is 0 Å². The maximum Gasteiger partial charge on any atom is 0.209 e. The lowest BCUT2D eigenvalue weighted by molar-refractivity contribution is 0.583. The molecule has 0 N–H and O–H groups in total. The largest absolute Gasteiger partial charge is 0.209 e. The van der Waals surface area contributed by atoms with E-state index >= 15 is 0 Å². The highest BCUT2D eigenvalue weighted by Gasteiger charge is 2.16. The molecule has 0 spiro atoms. The maximum absolute atomic E-state index is 13.5. The molecule has 0 fully saturated rings. The molecule has 2 aromatic rings. The van der Waals surface area contributed by atoms with Crippen LogP contribution in [0.15, 0.2) is 16.6 Å². The average Bonchev–Trinajstić information content (AvgIpc) is 2.19. The SMILES string of the molecule is Cc1nnc(-c2c(F)cc(Br)cc2F)nn1. The van der Waals surface area contributed by atoms with Gasteiger partial charge in [-0.15, -0.1) is 20.4 Å². The molecule has 1 aromatic carbocycles. The lowest BCUT2D eigenvalue weighted by atomic mass is 10.2. The van der Waals surface area contributed by atoms with Crippen molar-refractivity contribution in [3.05, 3.63) is 34.1 Å². The molecule has 7 heteroatoms. The van der Waals surface area contributed by atoms with Crippen molar-refractivity contribution < 1.29 is 8.78 Å². The summed E-state index contributed by atoms with van der Waals surface area (Å²) in [6.45, 7) is 1.58. The van der Waals surface area contributed by atoms with E-state index in [1.54, 1.807) is 6.92 Å². The van der Waals surface area contributed by atoms with E-state index < -0.39 is 11.6 Å². The molecule has 0 atom stereocenters. The minimum absolute atomic E-state index is 0.173. The van der Waals surface area contributed by atoms with E-state index in [9.17, 15) is 8.78 Å². The Balaban J connectivity index is 2.60. The van der Waals surface area contributed by atoms with Crippen LogP contribution in [0, 0.1) is 18.6 Å². The molecule has 4 nitrogen and oxygen atoms in total. The van der Waals surface area contributed by atoms with Crippen LogP contribution in [0.1, 0.15) is 5.82 Å². The Hall–Kier alpha value is -1.50. The smallest absolute Gasteiger partial charge is 0.206 e. The number of hydrogen-bond donors (Lipinski definition) is 0. The van der Waals surface area contributed by atoms with Gasteiger partial charge in [0.2, 0.25) is 5.82 Å². The standard InChI is InChI=1S/C9H5BrF2N4/c1-4-13-15-9(16-14-4)8-6(11)2-5(10)3-7(8)12/h2-3H,1H3. The first kappa shape index (κ1) is 11.0. The van der Waals surface area contributed by atoms with Crippen LogP contribution in [0.2, 0.25) is 0 Å². The highest BCUT2D eigenvalue weighted by molar-refractivity contribution is 9.10. The Kier molecular flexibility index (Phi) is 2.86. The van der Waals surface area contributed by atoms with E-state index in [2.05, 4.69) is 36.3 Å². The van der Waals surface area contributed by atoms with Crippen LogP contribution in [0.3, 0.4) is 0 Å². The zero-order valence-corrected chi connectivity index (χ0v) is 9.66. The van der Waals surface area contributed by atoms with E-state index in [0.29, 0.717) is 10.3 Å². The van der Waals surface area contributed by atoms with Crippen LogP contribution in [0.25, 0.3) is 11.4 Å². The second kappa shape index (κ2) is 4.17. The fourth-order valence-electron chi connectivity index (χ4n) is 1.14. The summed E-state index contributed by atoms with van der Waals surface area (Å²) in [5.74, 6) is -1.37. The third-order valence-corrected chi connectivity index (χ3v) is 2.27. The van der Waals surface area contributed by atoms with Crippen LogP contribution in [-0.2, 0) is 0 Å². The fraction of sp³-hybridized carbons (Fsp3) is 0.111. The van der Waals surface area contributed by atoms with Crippen LogP contribution in [0.4, 0.5) is 8.78 Å². The van der Waals surface area contributed by atoms with Crippen molar-refractivity contribution in [1.82, 2.24) is 20.4 Å². The second-order valence-electron chi connectivity index (χ2n) is 3.02. The number of rotatable bonds is 1. The Bertz CT molecular complexity index is 507. The van der Waals surface area contributed by atoms with Crippen LogP contribution < -0.4 is 0 Å². The minimum Gasteiger partial charge on any atom is -0.206 e. The van der Waals surface area contributed by atoms with Gasteiger partial charge in [-0.1, -0.05) is 15.9 Å². The lowest BCUT2D eigenvalue weighted by Crippen LogP contribution is -2.02. The van der Waals surface area contributed by atoms with E-state index in [-0.39, 0.29) is 11.4 Å². The van der Waals surface area contributed by atoms with E-state index in [0.717, 1.165) is 12.1 Å². The molecule has 0 bridgehead atoms. The highest BCUT2D eigenvalue weighted by Crippen LogP contribution is 2.25. The molecule has 16 heavy (non-hydrogen) atoms. The summed E-state index contributed by atoms with van der Waals surface area (Å²) in [5.41, 5.74) is -0.330. The molecule has 0 saturated heterocycles. The molecule has 0 radical (unpaired) electrons. The molecule has 0 amide bonds. The summed E-state index contributed by atoms with van der Waals surface area (Å²) in [7, 11) is 0. The molecular formula is C9H5BrF2N4. The molecule has 0 aliphatic carbocycles. The van der Waals surface area contributed by atoms with Crippen LogP contribution in [0.5, 0.6) is 0 Å². The Labute approximate surface area is 97.9 Å². The van der Waals surface area contributed by atoms with Crippen molar-refractivity contribution in [2.75, 3.05) is 0 Å². The average molecular weight is 287 g/mol. The van der Waals surface area contributed by atoms with Crippen molar-refractivity contribution in [2.24, 2.45) is 0 Å². The molecule has 0 aliphatic heterocycles. The van der Waals surface area contributed by atoms with Crippen molar-refractivity contribution in [2.45, 2.75) is 6.92 Å². The summed E-state index contributed by atoms with van der Waals surface area (Å²) >= 11 is 2.98. The molecule has 82 valence electrons. The minimum atomic E-state index is -0.765. The van der Waals surface area contributed by atoms with Crippen LogP contribution >= 0.6 is 15.9 Å². The summed E-state index contributed by atoms with van der Waals surface area (Å²) in [5, 5.41) is 14.3. The predicted octanol–water partition coefficient (Wildman–Crippen LogP) is 2.28. The van der Waals surface area contributed by atoms with Gasteiger partial charge in [-0.3, -0.25) is 0 Å². The Morgan fingerprint density at radius 2 is 1.50 bits per heavy atom. The molecule has 0 saturated carbocycles. The normalized spacial score (nSPS) is 10.5. The summed E-state index contributed by atoms with van der Waals surface area (Å²) in [6.07, 6.45) is 0. The first-order chi connectivity index (χ1) is 7.58. The molecule has 1 heterocycles. The van der Waals surface area contributed by atoms with Gasteiger partial charge in [-0.05, 0) is 19.1 Å². The van der Waals surface area contributed by atoms with Gasteiger partial charge in [0, 0.05) is 4.47 Å². The van der Waals surface area contributed by atoms with Gasteiger partial charge in [0.05, 0.1) is 5.56 Å². The fourth-order valence-corrected chi connectivity index (χ4v) is 1.54. The maximum atomic E-state index is 13.5. The monoisotopic (exact) mass is 286 g/mol. The number of nitrogens with zero attached hydrogens (tertiary/aromatic N) is 4. The van der Waals surface area contributed by atoms with Crippen molar-refractivity contribution >= 4 is 15.9 Å². The third kappa shape index (κ3) is 2.04. The Morgan fingerprint density at radius 1 is 1.00 bits per heavy atom. The van der Waals surface area contributed by atoms with Gasteiger partial charge in [-0.25, -0.2) is 8.78 Å². The van der Waals surface area contributed by atoms with E-state index in [1.807, 2.05) is 0 Å². The van der Waals surface area contributed by atoms with E-state index in [4.69, 9.17) is 0 Å². The topological polar surface area (TPSA) is 51.6 Å². The number of hydrogen-bond acceptors (Lipinski definition) is 4. The van der Waals surface area contributed by atoms with Crippen molar-refractivity contribution in [3.63, 3.8) is 0 Å². The van der Waals surface area contributed by atoms with Gasteiger partial charge in [0.1, 0.15) is 11.6 Å². The molecule has 1 aromatic heterocycles. The first-order valence-electron chi connectivity index (χ1n) is 4.27. The summed E-state index contributed by atoms with van der Waals surface area (Å²) < 4.78 is 27.3. The van der Waals surface area contributed by atoms with E-state index in [1.165, 1.54) is 0 Å². The number of halogens is 3. The molecule has 0 aliphatic rings. The zero-order valence-electron chi connectivity index (χ0n) is 8.08. The number of aryl methyl sites for hydroxylation is 1. The first-order valence-corrected chi connectivity index (χ1v) is 5.06. The van der Waals surface area contributed by atoms with Crippen molar-refractivity contribution in [3.8, 4) is 11.4 Å². The zero-order chi connectivity index (χ0) is 11.7. The molecule has 2 rings (SSSR count). The van der Waals surface area contributed by atoms with Gasteiger partial charge >= 0.3 is 0 Å². The van der Waals surface area contributed by atoms with Crippen LogP contribution in [-0.4, -0.2) is 20.4 Å². The third-order valence-electron chi connectivity index (χ3n) is 1.81. The van der Waals surface area contributed by atoms with Gasteiger partial charge in [-0.2, -0.15) is 0 Å². The molecule has 0 unspecified atom stereocenters. The predicted molar refractivity (Wildman–Crippen MR) is 55.4 cm³/mol. The number of benzene rings is 1. The van der Waals surface area contributed by atoms with Gasteiger partial charge in [0.25, 0.3) is 0 Å². The summed E-state index contributed by atoms with van der Waals surface area (Å²) in [4.78, 5) is 0. The second-order valence-corrected chi connectivity index (χ2v) is 3.93.